The second-order valence-corrected chi connectivity index (χ2v) is 5.31. The van der Waals surface area contributed by atoms with Gasteiger partial charge in [-0.2, -0.15) is 13.1 Å². The van der Waals surface area contributed by atoms with Gasteiger partial charge in [-0.15, -0.1) is 0 Å². The highest BCUT2D eigenvalue weighted by Gasteiger charge is 2.55. The monoisotopic (exact) mass is 255 g/mol. The van der Waals surface area contributed by atoms with Crippen LogP contribution in [0.5, 0.6) is 0 Å². The molecular formula is C7H13NO7S. The Kier molecular flexibility index (Phi) is 2.95. The molecule has 1 aliphatic heterocycles. The van der Waals surface area contributed by atoms with E-state index >= 15 is 0 Å². The predicted molar refractivity (Wildman–Crippen MR) is 49.3 cm³/mol. The smallest absolute Gasteiger partial charge is 0.336 e. The van der Waals surface area contributed by atoms with Gasteiger partial charge in [-0.25, -0.2) is 0 Å². The van der Waals surface area contributed by atoms with Gasteiger partial charge < -0.3 is 20.4 Å². The van der Waals surface area contributed by atoms with Gasteiger partial charge in [0.15, 0.2) is 0 Å². The van der Waals surface area contributed by atoms with Crippen molar-refractivity contribution in [1.29, 1.82) is 0 Å². The molecule has 2 aliphatic rings. The van der Waals surface area contributed by atoms with Crippen LogP contribution >= 0.6 is 0 Å². The first kappa shape index (κ1) is 12.2. The molecule has 1 saturated carbocycles. The zero-order valence-corrected chi connectivity index (χ0v) is 8.91. The number of hydrogen-bond donors (Lipinski definition) is 5. The van der Waals surface area contributed by atoms with Gasteiger partial charge in [-0.1, -0.05) is 0 Å². The molecule has 1 aliphatic carbocycles. The first-order valence-electron chi connectivity index (χ1n) is 4.73. The van der Waals surface area contributed by atoms with Crippen molar-refractivity contribution in [2.45, 2.75) is 30.5 Å². The molecule has 0 radical (unpaired) electrons. The number of rotatable bonds is 1. The molecule has 9 heteroatoms. The van der Waals surface area contributed by atoms with E-state index in [0.29, 0.717) is 0 Å². The zero-order chi connectivity index (χ0) is 12.1. The van der Waals surface area contributed by atoms with Crippen molar-refractivity contribution in [3.05, 3.63) is 0 Å². The number of fused-ring (bicyclic) bond motifs is 1. The molecule has 2 rings (SSSR count). The van der Waals surface area contributed by atoms with E-state index in [9.17, 15) is 23.7 Å². The van der Waals surface area contributed by atoms with E-state index in [2.05, 4.69) is 8.91 Å². The average molecular weight is 255 g/mol. The number of aliphatic hydroxyl groups is 4. The summed E-state index contributed by atoms with van der Waals surface area (Å²) in [5.41, 5.74) is 0. The molecule has 94 valence electrons. The summed E-state index contributed by atoms with van der Waals surface area (Å²) in [6, 6.07) is -0.941. The molecule has 16 heavy (non-hydrogen) atoms. The molecule has 2 fully saturated rings. The first-order valence-corrected chi connectivity index (χ1v) is 6.14. The second-order valence-electron chi connectivity index (χ2n) is 3.98. The van der Waals surface area contributed by atoms with Gasteiger partial charge in [0.2, 0.25) is 0 Å². The van der Waals surface area contributed by atoms with Crippen LogP contribution < -0.4 is 4.72 Å². The van der Waals surface area contributed by atoms with Gasteiger partial charge in [0.05, 0.1) is 18.8 Å². The Labute approximate surface area is 91.7 Å². The molecule has 1 saturated heterocycles. The summed E-state index contributed by atoms with van der Waals surface area (Å²) in [6.45, 7) is -0.530. The van der Waals surface area contributed by atoms with Gasteiger partial charge in [0.25, 0.3) is 0 Å². The minimum absolute atomic E-state index is 0.530. The Balaban J connectivity index is 2.32. The lowest BCUT2D eigenvalue weighted by atomic mass is 9.78. The van der Waals surface area contributed by atoms with Crippen LogP contribution in [-0.4, -0.2) is 65.9 Å². The van der Waals surface area contributed by atoms with Crippen LogP contribution in [0.4, 0.5) is 0 Å². The predicted octanol–water partition coefficient (Wildman–Crippen LogP) is -3.71. The van der Waals surface area contributed by atoms with Gasteiger partial charge >= 0.3 is 10.3 Å². The van der Waals surface area contributed by atoms with Gasteiger partial charge in [0, 0.05) is 5.92 Å². The largest absolute Gasteiger partial charge is 0.396 e. The number of aliphatic hydroxyl groups excluding tert-OH is 4. The quantitative estimate of drug-likeness (QED) is 0.325. The molecule has 0 bridgehead atoms. The third kappa shape index (κ3) is 1.74. The van der Waals surface area contributed by atoms with E-state index in [-0.39, 0.29) is 0 Å². The van der Waals surface area contributed by atoms with Gasteiger partial charge in [-0.3, -0.25) is 4.18 Å². The highest BCUT2D eigenvalue weighted by atomic mass is 32.2. The lowest BCUT2D eigenvalue weighted by Crippen LogP contribution is -2.62. The Morgan fingerprint density at radius 1 is 1.12 bits per heavy atom. The standard InChI is InChI=1S/C7H13NO7S/c9-1-2-3-7(15-16(13,14)8-3)6(12)5(11)4(2)10/h2-12H,1H2/t2?,3?,4-,5?,6?,7+/m1/s1. The van der Waals surface area contributed by atoms with Crippen LogP contribution in [0.15, 0.2) is 0 Å². The van der Waals surface area contributed by atoms with Crippen molar-refractivity contribution >= 4 is 10.3 Å². The summed E-state index contributed by atoms with van der Waals surface area (Å²) >= 11 is 0. The highest BCUT2D eigenvalue weighted by molar-refractivity contribution is 7.85. The topological polar surface area (TPSA) is 136 Å². The summed E-state index contributed by atoms with van der Waals surface area (Å²) < 4.78 is 28.9. The molecule has 0 aromatic heterocycles. The Hall–Kier alpha value is -0.290. The first-order chi connectivity index (χ1) is 7.37. The molecule has 0 spiro atoms. The van der Waals surface area contributed by atoms with Crippen LogP contribution in [0.1, 0.15) is 0 Å². The Bertz CT molecular complexity index is 371. The Morgan fingerprint density at radius 2 is 1.75 bits per heavy atom. The number of hydrogen-bond acceptors (Lipinski definition) is 7. The summed E-state index contributed by atoms with van der Waals surface area (Å²) in [5, 5.41) is 37.6. The van der Waals surface area contributed by atoms with Crippen LogP contribution in [-0.2, 0) is 14.5 Å². The molecule has 1 heterocycles. The van der Waals surface area contributed by atoms with Crippen LogP contribution in [0.2, 0.25) is 0 Å². The molecule has 8 nitrogen and oxygen atoms in total. The molecule has 4 unspecified atom stereocenters. The third-order valence-corrected chi connectivity index (χ3v) is 4.06. The molecule has 0 aromatic carbocycles. The second kappa shape index (κ2) is 3.88. The normalized spacial score (nSPS) is 51.2. The van der Waals surface area contributed by atoms with Crippen LogP contribution in [0.3, 0.4) is 0 Å². The fraction of sp³-hybridized carbons (Fsp3) is 1.00. The van der Waals surface area contributed by atoms with E-state index in [1.807, 2.05) is 0 Å². The van der Waals surface area contributed by atoms with E-state index in [1.54, 1.807) is 0 Å². The van der Waals surface area contributed by atoms with Crippen LogP contribution in [0, 0.1) is 5.92 Å². The maximum atomic E-state index is 11.1. The third-order valence-electron chi connectivity index (χ3n) is 3.02. The fourth-order valence-electron chi connectivity index (χ4n) is 2.15. The average Bonchev–Trinajstić information content (AvgIpc) is 2.52. The SMILES string of the molecule is O=S1(=O)NC2C(CO)[C@@H](O)C(O)C(O)[C@H]2O1. The van der Waals surface area contributed by atoms with Crippen molar-refractivity contribution in [3.8, 4) is 0 Å². The van der Waals surface area contributed by atoms with E-state index in [1.165, 1.54) is 0 Å². The zero-order valence-electron chi connectivity index (χ0n) is 8.09. The molecule has 0 aromatic rings. The van der Waals surface area contributed by atoms with Crippen molar-refractivity contribution in [1.82, 2.24) is 4.72 Å². The van der Waals surface area contributed by atoms with Gasteiger partial charge in [0.1, 0.15) is 18.3 Å². The van der Waals surface area contributed by atoms with E-state index in [4.69, 9.17) is 5.11 Å². The van der Waals surface area contributed by atoms with Crippen LogP contribution in [0.25, 0.3) is 0 Å². The maximum absolute atomic E-state index is 11.1. The minimum Gasteiger partial charge on any atom is -0.396 e. The van der Waals surface area contributed by atoms with Crippen molar-refractivity contribution < 1.29 is 33.0 Å². The van der Waals surface area contributed by atoms with Gasteiger partial charge in [-0.05, 0) is 0 Å². The molecule has 5 N–H and O–H groups in total. The maximum Gasteiger partial charge on any atom is 0.336 e. The van der Waals surface area contributed by atoms with Crippen molar-refractivity contribution in [2.75, 3.05) is 6.61 Å². The summed E-state index contributed by atoms with van der Waals surface area (Å²) in [4.78, 5) is 0. The lowest BCUT2D eigenvalue weighted by molar-refractivity contribution is -0.158. The van der Waals surface area contributed by atoms with Crippen molar-refractivity contribution in [2.24, 2.45) is 5.92 Å². The molecular weight excluding hydrogens is 242 g/mol. The number of nitrogens with one attached hydrogen (secondary N) is 1. The molecule has 6 atom stereocenters. The van der Waals surface area contributed by atoms with E-state index < -0.39 is 53.3 Å². The van der Waals surface area contributed by atoms with Crippen molar-refractivity contribution in [3.63, 3.8) is 0 Å². The fourth-order valence-corrected chi connectivity index (χ4v) is 3.38. The summed E-state index contributed by atoms with van der Waals surface area (Å²) in [5.74, 6) is -0.916. The Morgan fingerprint density at radius 3 is 2.31 bits per heavy atom. The highest BCUT2D eigenvalue weighted by Crippen LogP contribution is 2.32. The van der Waals surface area contributed by atoms with E-state index in [0.717, 1.165) is 0 Å². The summed E-state index contributed by atoms with van der Waals surface area (Å²) in [6.07, 6.45) is -5.67. The molecule has 0 amide bonds. The lowest BCUT2D eigenvalue weighted by Gasteiger charge is -2.40. The minimum atomic E-state index is -3.99. The summed E-state index contributed by atoms with van der Waals surface area (Å²) in [7, 11) is -3.99.